The van der Waals surface area contributed by atoms with E-state index in [1.54, 1.807) is 6.92 Å². The van der Waals surface area contributed by atoms with Gasteiger partial charge in [0.2, 0.25) is 0 Å². The summed E-state index contributed by atoms with van der Waals surface area (Å²) in [6.07, 6.45) is -2.13. The Labute approximate surface area is 179 Å². The smallest absolute Gasteiger partial charge is 0.348 e. The molecule has 9 nitrogen and oxygen atoms in total. The molecule has 0 spiro atoms. The van der Waals surface area contributed by atoms with Crippen LogP contribution in [-0.4, -0.2) is 62.2 Å². The van der Waals surface area contributed by atoms with Crippen molar-refractivity contribution in [2.75, 3.05) is 19.8 Å². The minimum atomic E-state index is -4.70. The Bertz CT molecular complexity index is 969. The molecule has 0 saturated carbocycles. The average molecular weight is 457 g/mol. The molecule has 1 heterocycles. The first-order valence-electron chi connectivity index (χ1n) is 9.57. The highest BCUT2D eigenvalue weighted by Gasteiger charge is 2.68. The van der Waals surface area contributed by atoms with Gasteiger partial charge in [-0.25, -0.2) is 31.5 Å². The molecule has 0 N–H and O–H groups in total. The average Bonchev–Trinajstić information content (AvgIpc) is 3.03. The van der Waals surface area contributed by atoms with Gasteiger partial charge in [-0.05, 0) is 39.8 Å². The third-order valence-corrected chi connectivity index (χ3v) is 6.29. The Morgan fingerprint density at radius 3 is 1.90 bits per heavy atom. The van der Waals surface area contributed by atoms with E-state index in [4.69, 9.17) is 14.2 Å². The third kappa shape index (κ3) is 4.14. The topological polar surface area (TPSA) is 116 Å². The number of carbonyl (C=O) groups excluding carboxylic acids is 3. The molecule has 0 aromatic heterocycles. The van der Waals surface area contributed by atoms with Crippen LogP contribution in [0.5, 0.6) is 0 Å². The zero-order valence-corrected chi connectivity index (χ0v) is 18.4. The van der Waals surface area contributed by atoms with E-state index in [1.807, 2.05) is 0 Å². The van der Waals surface area contributed by atoms with Crippen molar-refractivity contribution >= 4 is 27.9 Å². The molecule has 1 atom stereocenters. The standard InChI is InChI=1S/C20H24FNO8S/c1-5-28-17(23)15-12-22(31(26,27)14-10-8-13(4)9-11-14)20(16(15)21,18(24)29-6-2)19(25)30-7-3/h8-12,16H,5-7H2,1-4H3. The number of rotatable bonds is 8. The highest BCUT2D eigenvalue weighted by molar-refractivity contribution is 7.89. The molecule has 1 unspecified atom stereocenters. The molecule has 2 rings (SSSR count). The van der Waals surface area contributed by atoms with E-state index in [1.165, 1.54) is 45.0 Å². The van der Waals surface area contributed by atoms with Gasteiger partial charge in [-0.2, -0.15) is 0 Å². The van der Waals surface area contributed by atoms with Crippen molar-refractivity contribution in [2.24, 2.45) is 0 Å². The van der Waals surface area contributed by atoms with Crippen molar-refractivity contribution < 1.29 is 41.4 Å². The predicted octanol–water partition coefficient (Wildman–Crippen LogP) is 1.65. The predicted molar refractivity (Wildman–Crippen MR) is 106 cm³/mol. The summed E-state index contributed by atoms with van der Waals surface area (Å²) in [4.78, 5) is 37.8. The lowest BCUT2D eigenvalue weighted by atomic mass is 9.92. The maximum Gasteiger partial charge on any atom is 0.348 e. The summed E-state index contributed by atoms with van der Waals surface area (Å²) in [7, 11) is -4.70. The van der Waals surface area contributed by atoms with Gasteiger partial charge in [-0.1, -0.05) is 17.7 Å². The van der Waals surface area contributed by atoms with E-state index in [0.717, 1.165) is 5.56 Å². The molecule has 1 aliphatic rings. The van der Waals surface area contributed by atoms with Gasteiger partial charge in [0.15, 0.2) is 6.17 Å². The van der Waals surface area contributed by atoms with Crippen molar-refractivity contribution in [3.05, 3.63) is 41.6 Å². The van der Waals surface area contributed by atoms with Crippen LogP contribution < -0.4 is 0 Å². The molecule has 1 aliphatic heterocycles. The number of sulfonamides is 1. The van der Waals surface area contributed by atoms with Crippen LogP contribution in [0, 0.1) is 6.92 Å². The van der Waals surface area contributed by atoms with E-state index in [9.17, 15) is 22.8 Å². The normalized spacial score (nSPS) is 17.6. The van der Waals surface area contributed by atoms with Crippen LogP contribution in [0.1, 0.15) is 26.3 Å². The summed E-state index contributed by atoms with van der Waals surface area (Å²) in [6.45, 7) is 5.30. The lowest BCUT2D eigenvalue weighted by molar-refractivity contribution is -0.172. The minimum Gasteiger partial charge on any atom is -0.464 e. The van der Waals surface area contributed by atoms with Crippen molar-refractivity contribution in [2.45, 2.75) is 44.3 Å². The molecule has 1 aromatic rings. The van der Waals surface area contributed by atoms with Gasteiger partial charge >= 0.3 is 17.9 Å². The molecule has 1 aromatic carbocycles. The third-order valence-electron chi connectivity index (χ3n) is 4.51. The largest absolute Gasteiger partial charge is 0.464 e. The molecule has 11 heteroatoms. The van der Waals surface area contributed by atoms with Crippen LogP contribution in [0.15, 0.2) is 40.9 Å². The van der Waals surface area contributed by atoms with E-state index < -0.39 is 45.2 Å². The van der Waals surface area contributed by atoms with Crippen LogP contribution >= 0.6 is 0 Å². The lowest BCUT2D eigenvalue weighted by Crippen LogP contribution is -2.64. The number of hydrogen-bond acceptors (Lipinski definition) is 8. The number of esters is 3. The zero-order chi connectivity index (χ0) is 23.4. The van der Waals surface area contributed by atoms with Crippen molar-refractivity contribution in [3.8, 4) is 0 Å². The van der Waals surface area contributed by atoms with Crippen LogP contribution in [-0.2, 0) is 38.6 Å². The second kappa shape index (κ2) is 9.46. The fraction of sp³-hybridized carbons (Fsp3) is 0.450. The Kier molecular flexibility index (Phi) is 7.42. The van der Waals surface area contributed by atoms with E-state index in [-0.39, 0.29) is 29.0 Å². The van der Waals surface area contributed by atoms with Gasteiger partial charge < -0.3 is 14.2 Å². The number of hydrogen-bond donors (Lipinski definition) is 0. The lowest BCUT2D eigenvalue weighted by Gasteiger charge is -2.35. The number of alkyl halides is 1. The molecule has 0 bridgehead atoms. The Morgan fingerprint density at radius 2 is 1.45 bits per heavy atom. The first-order valence-corrected chi connectivity index (χ1v) is 11.0. The number of nitrogens with zero attached hydrogens (tertiary/aromatic N) is 1. The fourth-order valence-corrected chi connectivity index (χ4v) is 4.62. The highest BCUT2D eigenvalue weighted by atomic mass is 32.2. The molecule has 0 radical (unpaired) electrons. The zero-order valence-electron chi connectivity index (χ0n) is 17.6. The van der Waals surface area contributed by atoms with E-state index in [0.29, 0.717) is 6.20 Å². The fourth-order valence-electron chi connectivity index (χ4n) is 3.04. The Balaban J connectivity index is 2.80. The molecule has 31 heavy (non-hydrogen) atoms. The van der Waals surface area contributed by atoms with Gasteiger partial charge in [-0.3, -0.25) is 0 Å². The van der Waals surface area contributed by atoms with Gasteiger partial charge in [0, 0.05) is 6.20 Å². The van der Waals surface area contributed by atoms with Gasteiger partial charge in [0.1, 0.15) is 0 Å². The number of ether oxygens (including phenoxy) is 3. The SMILES string of the molecule is CCOC(=O)C1=CN(S(=O)(=O)c2ccc(C)cc2)C(C(=O)OCC)(C(=O)OCC)C1F. The Hall–Kier alpha value is -2.95. The molecule has 170 valence electrons. The number of halogens is 1. The number of aryl methyl sites for hydroxylation is 1. The molecular formula is C20H24FNO8S. The van der Waals surface area contributed by atoms with E-state index >= 15 is 4.39 Å². The molecule has 0 amide bonds. The maximum absolute atomic E-state index is 15.7. The molecule has 0 fully saturated rings. The van der Waals surface area contributed by atoms with Crippen molar-refractivity contribution in [1.82, 2.24) is 4.31 Å². The monoisotopic (exact) mass is 457 g/mol. The van der Waals surface area contributed by atoms with Crippen LogP contribution in [0.4, 0.5) is 4.39 Å². The number of benzene rings is 1. The summed E-state index contributed by atoms with van der Waals surface area (Å²) < 4.78 is 57.2. The highest BCUT2D eigenvalue weighted by Crippen LogP contribution is 2.42. The van der Waals surface area contributed by atoms with Gasteiger partial charge in [-0.15, -0.1) is 0 Å². The van der Waals surface area contributed by atoms with Crippen molar-refractivity contribution in [3.63, 3.8) is 0 Å². The summed E-state index contributed by atoms with van der Waals surface area (Å²) in [5, 5.41) is 0. The van der Waals surface area contributed by atoms with Crippen LogP contribution in [0.25, 0.3) is 0 Å². The summed E-state index contributed by atoms with van der Waals surface area (Å²) in [6, 6.07) is 5.44. The first kappa shape index (κ1) is 24.3. The van der Waals surface area contributed by atoms with Gasteiger partial charge in [0.05, 0.1) is 30.3 Å². The van der Waals surface area contributed by atoms with Crippen molar-refractivity contribution in [1.29, 1.82) is 0 Å². The quantitative estimate of drug-likeness (QED) is 0.329. The molecule has 0 aliphatic carbocycles. The van der Waals surface area contributed by atoms with E-state index in [2.05, 4.69) is 0 Å². The maximum atomic E-state index is 15.7. The second-order valence-corrected chi connectivity index (χ2v) is 8.30. The van der Waals surface area contributed by atoms with Crippen LogP contribution in [0.3, 0.4) is 0 Å². The summed E-state index contributed by atoms with van der Waals surface area (Å²) >= 11 is 0. The minimum absolute atomic E-state index is 0.139. The van der Waals surface area contributed by atoms with Crippen LogP contribution in [0.2, 0.25) is 0 Å². The first-order chi connectivity index (χ1) is 14.6. The Morgan fingerprint density at radius 1 is 0.968 bits per heavy atom. The second-order valence-electron chi connectivity index (χ2n) is 6.49. The summed E-state index contributed by atoms with van der Waals surface area (Å²) in [5.74, 6) is -4.23. The summed E-state index contributed by atoms with van der Waals surface area (Å²) in [5.41, 5.74) is -3.19. The molecular weight excluding hydrogens is 433 g/mol. The van der Waals surface area contributed by atoms with Gasteiger partial charge in [0.25, 0.3) is 15.6 Å². The number of carbonyl (C=O) groups is 3. The molecule has 0 saturated heterocycles.